The van der Waals surface area contributed by atoms with Gasteiger partial charge in [0.1, 0.15) is 11.9 Å². The number of nitrogens with zero attached hydrogens (tertiary/aromatic N) is 6. The molecule has 1 unspecified atom stereocenters. The molecule has 1 saturated carbocycles. The number of halogens is 1. The van der Waals surface area contributed by atoms with E-state index in [1.165, 1.54) is 12.1 Å². The van der Waals surface area contributed by atoms with Crippen molar-refractivity contribution in [1.29, 1.82) is 0 Å². The summed E-state index contributed by atoms with van der Waals surface area (Å²) in [5, 5.41) is 13.8. The molecule has 2 aromatic heterocycles. The van der Waals surface area contributed by atoms with E-state index in [1.54, 1.807) is 12.1 Å². The minimum absolute atomic E-state index is 0.167. The number of H-pyrrole nitrogens is 1. The largest absolute Gasteiger partial charge is 0.454 e. The lowest BCUT2D eigenvalue weighted by Crippen LogP contribution is -2.49. The summed E-state index contributed by atoms with van der Waals surface area (Å²) in [7, 11) is 0. The predicted molar refractivity (Wildman–Crippen MR) is 138 cm³/mol. The van der Waals surface area contributed by atoms with Crippen LogP contribution in [0.5, 0.6) is 11.5 Å². The summed E-state index contributed by atoms with van der Waals surface area (Å²) >= 11 is 0. The molecule has 7 rings (SSSR count). The number of rotatable bonds is 5. The maximum absolute atomic E-state index is 13.6. The Balaban J connectivity index is 1.27. The van der Waals surface area contributed by atoms with E-state index in [4.69, 9.17) is 9.47 Å². The van der Waals surface area contributed by atoms with Crippen molar-refractivity contribution in [2.45, 2.75) is 37.8 Å². The third-order valence-electron chi connectivity index (χ3n) is 7.97. The van der Waals surface area contributed by atoms with Gasteiger partial charge in [0, 0.05) is 48.9 Å². The highest BCUT2D eigenvalue weighted by Gasteiger charge is 2.35. The third kappa shape index (κ3) is 4.07. The van der Waals surface area contributed by atoms with Gasteiger partial charge < -0.3 is 19.4 Å². The number of aromatic nitrogens is 5. The summed E-state index contributed by atoms with van der Waals surface area (Å²) in [4.78, 5) is 21.2. The van der Waals surface area contributed by atoms with Crippen molar-refractivity contribution in [3.05, 3.63) is 70.0 Å². The molecule has 2 fully saturated rings. The molecule has 1 atom stereocenters. The minimum atomic E-state index is -0.417. The highest BCUT2D eigenvalue weighted by Crippen LogP contribution is 2.37. The van der Waals surface area contributed by atoms with Gasteiger partial charge in [-0.25, -0.2) is 9.07 Å². The number of tetrazole rings is 1. The van der Waals surface area contributed by atoms with Crippen molar-refractivity contribution in [1.82, 2.24) is 30.1 Å². The van der Waals surface area contributed by atoms with Crippen molar-refractivity contribution < 1.29 is 13.9 Å². The first-order valence-corrected chi connectivity index (χ1v) is 13.1. The molecule has 1 N–H and O–H groups in total. The van der Waals surface area contributed by atoms with Crippen LogP contribution in [-0.4, -0.2) is 63.1 Å². The van der Waals surface area contributed by atoms with Gasteiger partial charge in [0.05, 0.1) is 11.6 Å². The fraction of sp³-hybridized carbons (Fsp3) is 0.407. The topological polar surface area (TPSA) is 101 Å². The molecule has 2 aliphatic heterocycles. The zero-order chi connectivity index (χ0) is 25.6. The maximum atomic E-state index is 13.6. The van der Waals surface area contributed by atoms with Gasteiger partial charge in [-0.15, -0.1) is 5.10 Å². The number of pyridine rings is 1. The van der Waals surface area contributed by atoms with Crippen LogP contribution in [0.3, 0.4) is 0 Å². The molecule has 196 valence electrons. The number of anilines is 1. The van der Waals surface area contributed by atoms with Gasteiger partial charge in [0.15, 0.2) is 17.3 Å². The Bertz CT molecular complexity index is 1520. The molecule has 0 spiro atoms. The van der Waals surface area contributed by atoms with Crippen LogP contribution in [0.2, 0.25) is 0 Å². The number of piperazine rings is 1. The lowest BCUT2D eigenvalue weighted by Gasteiger charge is -2.39. The van der Waals surface area contributed by atoms with Crippen molar-refractivity contribution in [2.24, 2.45) is 0 Å². The molecule has 1 saturated heterocycles. The SMILES string of the molecule is O=c1[nH]c2cc3c(cc2cc1C(c1nnnn1C1CCCC1)N1CCN(c2ccc(F)cc2)CC1)OCO3. The lowest BCUT2D eigenvalue weighted by molar-refractivity contribution is 0.174. The summed E-state index contributed by atoms with van der Waals surface area (Å²) in [5.74, 6) is 1.73. The molecule has 0 amide bonds. The van der Waals surface area contributed by atoms with E-state index in [2.05, 4.69) is 30.3 Å². The number of nitrogens with one attached hydrogen (secondary N) is 1. The molecule has 0 bridgehead atoms. The second-order valence-electron chi connectivity index (χ2n) is 10.2. The molecular weight excluding hydrogens is 489 g/mol. The Hall–Kier alpha value is -3.99. The molecule has 1 aliphatic carbocycles. The van der Waals surface area contributed by atoms with E-state index in [0.717, 1.165) is 49.8 Å². The van der Waals surface area contributed by atoms with E-state index in [1.807, 2.05) is 22.9 Å². The van der Waals surface area contributed by atoms with Crippen molar-refractivity contribution in [2.75, 3.05) is 37.9 Å². The predicted octanol–water partition coefficient (Wildman–Crippen LogP) is 3.41. The summed E-state index contributed by atoms with van der Waals surface area (Å²) in [6.45, 7) is 3.02. The second kappa shape index (κ2) is 9.39. The fourth-order valence-electron chi connectivity index (χ4n) is 5.99. The van der Waals surface area contributed by atoms with Crippen LogP contribution < -0.4 is 19.9 Å². The molecule has 3 aliphatic rings. The third-order valence-corrected chi connectivity index (χ3v) is 7.97. The quantitative estimate of drug-likeness (QED) is 0.430. The van der Waals surface area contributed by atoms with Gasteiger partial charge in [0.25, 0.3) is 5.56 Å². The molecule has 10 nitrogen and oxygen atoms in total. The zero-order valence-electron chi connectivity index (χ0n) is 20.8. The first-order chi connectivity index (χ1) is 18.6. The first-order valence-electron chi connectivity index (χ1n) is 13.1. The molecule has 4 heterocycles. The average Bonchev–Trinajstić information content (AvgIpc) is 3.71. The Labute approximate surface area is 218 Å². The lowest BCUT2D eigenvalue weighted by atomic mass is 10.0. The molecule has 2 aromatic carbocycles. The van der Waals surface area contributed by atoms with Crippen molar-refractivity contribution in [3.8, 4) is 11.5 Å². The van der Waals surface area contributed by atoms with Crippen LogP contribution in [-0.2, 0) is 0 Å². The summed E-state index contributed by atoms with van der Waals surface area (Å²) in [6, 6.07) is 12.0. The molecule has 11 heteroatoms. The number of ether oxygens (including phenoxy) is 2. The smallest absolute Gasteiger partial charge is 0.253 e. The Morgan fingerprint density at radius 3 is 2.47 bits per heavy atom. The number of fused-ring (bicyclic) bond motifs is 2. The molecule has 0 radical (unpaired) electrons. The van der Waals surface area contributed by atoms with E-state index in [-0.39, 0.29) is 24.2 Å². The maximum Gasteiger partial charge on any atom is 0.253 e. The molecular formula is C27H28FN7O3. The summed E-state index contributed by atoms with van der Waals surface area (Å²) in [6.07, 6.45) is 4.35. The average molecular weight is 518 g/mol. The van der Waals surface area contributed by atoms with E-state index >= 15 is 0 Å². The van der Waals surface area contributed by atoms with Crippen molar-refractivity contribution in [3.63, 3.8) is 0 Å². The zero-order valence-corrected chi connectivity index (χ0v) is 20.8. The van der Waals surface area contributed by atoms with Gasteiger partial charge in [0.2, 0.25) is 6.79 Å². The van der Waals surface area contributed by atoms with Gasteiger partial charge in [-0.3, -0.25) is 9.69 Å². The normalized spacial score (nSPS) is 18.9. The van der Waals surface area contributed by atoms with Crippen LogP contribution in [0, 0.1) is 5.82 Å². The van der Waals surface area contributed by atoms with Gasteiger partial charge in [-0.05, 0) is 59.7 Å². The monoisotopic (exact) mass is 517 g/mol. The summed E-state index contributed by atoms with van der Waals surface area (Å²) in [5.41, 5.74) is 2.10. The van der Waals surface area contributed by atoms with Crippen LogP contribution in [0.4, 0.5) is 10.1 Å². The Kier molecular flexibility index (Phi) is 5.72. The Morgan fingerprint density at radius 1 is 0.974 bits per heavy atom. The van der Waals surface area contributed by atoms with Crippen LogP contribution in [0.25, 0.3) is 10.9 Å². The standard InChI is InChI=1S/C27H28FN7O3/c28-18-5-7-19(8-6-18)33-9-11-34(12-10-33)25(26-30-31-32-35(26)20-3-1-2-4-20)21-13-17-14-23-24(38-16-37-23)15-22(17)29-27(21)36/h5-8,13-15,20,25H,1-4,9-12,16H2,(H,29,36). The van der Waals surface area contributed by atoms with E-state index in [9.17, 15) is 9.18 Å². The second-order valence-corrected chi connectivity index (χ2v) is 10.2. The van der Waals surface area contributed by atoms with Gasteiger partial charge >= 0.3 is 0 Å². The number of hydrogen-bond donors (Lipinski definition) is 1. The molecule has 4 aromatic rings. The molecule has 38 heavy (non-hydrogen) atoms. The van der Waals surface area contributed by atoms with Gasteiger partial charge in [-0.2, -0.15) is 0 Å². The van der Waals surface area contributed by atoms with Crippen LogP contribution in [0.15, 0.2) is 47.3 Å². The fourth-order valence-corrected chi connectivity index (χ4v) is 5.99. The number of benzene rings is 2. The summed E-state index contributed by atoms with van der Waals surface area (Å²) < 4.78 is 26.5. The van der Waals surface area contributed by atoms with Crippen LogP contribution in [0.1, 0.15) is 49.2 Å². The number of hydrogen-bond acceptors (Lipinski definition) is 8. The van der Waals surface area contributed by atoms with Crippen molar-refractivity contribution >= 4 is 16.6 Å². The van der Waals surface area contributed by atoms with E-state index < -0.39 is 6.04 Å². The Morgan fingerprint density at radius 2 is 1.71 bits per heavy atom. The minimum Gasteiger partial charge on any atom is -0.454 e. The first kappa shape index (κ1) is 23.2. The van der Waals surface area contributed by atoms with Gasteiger partial charge in [-0.1, -0.05) is 12.8 Å². The highest BCUT2D eigenvalue weighted by molar-refractivity contribution is 5.83. The number of aromatic amines is 1. The highest BCUT2D eigenvalue weighted by atomic mass is 19.1. The van der Waals surface area contributed by atoms with E-state index in [0.29, 0.717) is 41.5 Å². The van der Waals surface area contributed by atoms with Crippen LogP contribution >= 0.6 is 0 Å².